The van der Waals surface area contributed by atoms with Crippen molar-refractivity contribution >= 4 is 11.3 Å². The molecule has 0 saturated heterocycles. The van der Waals surface area contributed by atoms with Gasteiger partial charge in [0.15, 0.2) is 0 Å². The van der Waals surface area contributed by atoms with Crippen LogP contribution in [0.15, 0.2) is 29.6 Å². The third-order valence-corrected chi connectivity index (χ3v) is 3.35. The normalized spacial score (nSPS) is 10.3. The Labute approximate surface area is 107 Å². The number of hydrogen-bond donors (Lipinski definition) is 1. The van der Waals surface area contributed by atoms with Crippen molar-refractivity contribution < 1.29 is 8.78 Å². The van der Waals surface area contributed by atoms with Crippen molar-refractivity contribution in [1.82, 2.24) is 5.32 Å². The number of nitriles is 1. The van der Waals surface area contributed by atoms with Gasteiger partial charge in [-0.15, -0.1) is 11.3 Å². The average molecular weight is 264 g/mol. The molecule has 0 aliphatic rings. The van der Waals surface area contributed by atoms with E-state index >= 15 is 0 Å². The lowest BCUT2D eigenvalue weighted by Crippen LogP contribution is -2.13. The van der Waals surface area contributed by atoms with Crippen LogP contribution in [-0.2, 0) is 13.1 Å². The molecule has 2 aromatic rings. The summed E-state index contributed by atoms with van der Waals surface area (Å²) < 4.78 is 26.0. The van der Waals surface area contributed by atoms with Gasteiger partial charge in [-0.25, -0.2) is 8.78 Å². The van der Waals surface area contributed by atoms with E-state index in [1.54, 1.807) is 11.4 Å². The van der Waals surface area contributed by atoms with Gasteiger partial charge in [-0.3, -0.25) is 0 Å². The summed E-state index contributed by atoms with van der Waals surface area (Å²) in [7, 11) is 0. The molecule has 2 rings (SSSR count). The second-order valence-electron chi connectivity index (χ2n) is 3.75. The summed E-state index contributed by atoms with van der Waals surface area (Å²) >= 11 is 1.48. The van der Waals surface area contributed by atoms with Gasteiger partial charge in [-0.2, -0.15) is 5.26 Å². The fraction of sp³-hybridized carbons (Fsp3) is 0.154. The van der Waals surface area contributed by atoms with E-state index in [2.05, 4.69) is 11.4 Å². The minimum absolute atomic E-state index is 0.325. The summed E-state index contributed by atoms with van der Waals surface area (Å²) in [5, 5.41) is 13.5. The Kier molecular flexibility index (Phi) is 4.03. The summed E-state index contributed by atoms with van der Waals surface area (Å²) in [4.78, 5) is 1.01. The van der Waals surface area contributed by atoms with Crippen LogP contribution in [0.25, 0.3) is 0 Å². The molecule has 0 bridgehead atoms. The van der Waals surface area contributed by atoms with Crippen molar-refractivity contribution in [2.45, 2.75) is 13.1 Å². The molecular formula is C13H10F2N2S. The van der Waals surface area contributed by atoms with E-state index in [1.165, 1.54) is 23.5 Å². The number of halogens is 2. The molecule has 92 valence electrons. The maximum Gasteiger partial charge on any atom is 0.130 e. The van der Waals surface area contributed by atoms with Crippen LogP contribution in [0.2, 0.25) is 0 Å². The molecular weight excluding hydrogens is 254 g/mol. The zero-order valence-corrected chi connectivity index (χ0v) is 10.2. The Balaban J connectivity index is 1.90. The molecule has 5 heteroatoms. The molecule has 18 heavy (non-hydrogen) atoms. The first-order valence-corrected chi connectivity index (χ1v) is 6.19. The molecule has 0 aliphatic heterocycles. The SMILES string of the molecule is N#Cc1csc(CNCc2ccc(F)cc2F)c1. The van der Waals surface area contributed by atoms with Gasteiger partial charge in [0, 0.05) is 35.0 Å². The summed E-state index contributed by atoms with van der Waals surface area (Å²) in [6, 6.07) is 7.37. The molecule has 0 radical (unpaired) electrons. The maximum atomic E-state index is 13.3. The molecule has 1 aromatic heterocycles. The largest absolute Gasteiger partial charge is 0.308 e. The van der Waals surface area contributed by atoms with Crippen molar-refractivity contribution in [2.75, 3.05) is 0 Å². The summed E-state index contributed by atoms with van der Waals surface area (Å²) in [6.07, 6.45) is 0. The van der Waals surface area contributed by atoms with Crippen LogP contribution >= 0.6 is 11.3 Å². The average Bonchev–Trinajstić information content (AvgIpc) is 2.80. The molecule has 0 aliphatic carbocycles. The highest BCUT2D eigenvalue weighted by Gasteiger charge is 2.04. The van der Waals surface area contributed by atoms with E-state index in [-0.39, 0.29) is 0 Å². The van der Waals surface area contributed by atoms with Gasteiger partial charge in [-0.1, -0.05) is 6.07 Å². The smallest absolute Gasteiger partial charge is 0.130 e. The Morgan fingerprint density at radius 1 is 1.22 bits per heavy atom. The quantitative estimate of drug-likeness (QED) is 0.920. The summed E-state index contributed by atoms with van der Waals surface area (Å²) in [5.41, 5.74) is 1.05. The molecule has 0 amide bonds. The van der Waals surface area contributed by atoms with E-state index in [1.807, 2.05) is 0 Å². The number of nitrogens with zero attached hydrogens (tertiary/aromatic N) is 1. The van der Waals surface area contributed by atoms with E-state index in [0.717, 1.165) is 10.9 Å². The molecule has 0 fully saturated rings. The number of thiophene rings is 1. The molecule has 0 spiro atoms. The second-order valence-corrected chi connectivity index (χ2v) is 4.75. The van der Waals surface area contributed by atoms with Gasteiger partial charge >= 0.3 is 0 Å². The lowest BCUT2D eigenvalue weighted by atomic mass is 10.2. The Morgan fingerprint density at radius 3 is 2.72 bits per heavy atom. The first-order chi connectivity index (χ1) is 8.69. The van der Waals surface area contributed by atoms with Crippen molar-refractivity contribution in [3.63, 3.8) is 0 Å². The molecule has 0 unspecified atom stereocenters. The van der Waals surface area contributed by atoms with Crippen LogP contribution in [0.5, 0.6) is 0 Å². The monoisotopic (exact) mass is 264 g/mol. The van der Waals surface area contributed by atoms with Gasteiger partial charge in [-0.05, 0) is 12.1 Å². The zero-order chi connectivity index (χ0) is 13.0. The molecule has 1 heterocycles. The van der Waals surface area contributed by atoms with Gasteiger partial charge in [0.2, 0.25) is 0 Å². The van der Waals surface area contributed by atoms with Gasteiger partial charge in [0.25, 0.3) is 0 Å². The fourth-order valence-corrected chi connectivity index (χ4v) is 2.30. The topological polar surface area (TPSA) is 35.8 Å². The Hall–Kier alpha value is -1.77. The van der Waals surface area contributed by atoms with E-state index in [0.29, 0.717) is 24.2 Å². The Bertz CT molecular complexity index is 587. The highest BCUT2D eigenvalue weighted by molar-refractivity contribution is 7.10. The van der Waals surface area contributed by atoms with Gasteiger partial charge in [0.05, 0.1) is 5.56 Å². The van der Waals surface area contributed by atoms with Crippen LogP contribution in [0, 0.1) is 23.0 Å². The first-order valence-electron chi connectivity index (χ1n) is 5.31. The predicted molar refractivity (Wildman–Crippen MR) is 65.9 cm³/mol. The van der Waals surface area contributed by atoms with Crippen LogP contribution in [0.4, 0.5) is 8.78 Å². The maximum absolute atomic E-state index is 13.3. The molecule has 0 atom stereocenters. The lowest BCUT2D eigenvalue weighted by molar-refractivity contribution is 0.560. The third kappa shape index (κ3) is 3.13. The van der Waals surface area contributed by atoms with E-state index in [9.17, 15) is 8.78 Å². The lowest BCUT2D eigenvalue weighted by Gasteiger charge is -2.04. The highest BCUT2D eigenvalue weighted by atomic mass is 32.1. The predicted octanol–water partition coefficient (Wildman–Crippen LogP) is 3.19. The summed E-state index contributed by atoms with van der Waals surface area (Å²) in [6.45, 7) is 0.884. The minimum Gasteiger partial charge on any atom is -0.308 e. The fourth-order valence-electron chi connectivity index (χ4n) is 1.52. The van der Waals surface area contributed by atoms with Gasteiger partial charge < -0.3 is 5.32 Å². The number of hydrogen-bond acceptors (Lipinski definition) is 3. The Morgan fingerprint density at radius 2 is 2.06 bits per heavy atom. The molecule has 1 aromatic carbocycles. The van der Waals surface area contributed by atoms with Crippen LogP contribution in [0.3, 0.4) is 0 Å². The highest BCUT2D eigenvalue weighted by Crippen LogP contribution is 2.14. The second kappa shape index (κ2) is 5.71. The number of rotatable bonds is 4. The van der Waals surface area contributed by atoms with Crippen molar-refractivity contribution in [2.24, 2.45) is 0 Å². The molecule has 2 nitrogen and oxygen atoms in total. The third-order valence-electron chi connectivity index (χ3n) is 2.41. The van der Waals surface area contributed by atoms with Crippen molar-refractivity contribution in [1.29, 1.82) is 5.26 Å². The standard InChI is InChI=1S/C13H10F2N2S/c14-11-2-1-10(13(15)4-11)6-17-7-12-3-9(5-16)8-18-12/h1-4,8,17H,6-7H2. The molecule has 0 saturated carbocycles. The minimum atomic E-state index is -0.576. The summed E-state index contributed by atoms with van der Waals surface area (Å²) in [5.74, 6) is -1.13. The van der Waals surface area contributed by atoms with Crippen LogP contribution in [0.1, 0.15) is 16.0 Å². The number of nitrogens with one attached hydrogen (secondary N) is 1. The first kappa shape index (κ1) is 12.7. The van der Waals surface area contributed by atoms with Crippen LogP contribution < -0.4 is 5.32 Å². The van der Waals surface area contributed by atoms with Crippen molar-refractivity contribution in [3.05, 3.63) is 57.3 Å². The van der Waals surface area contributed by atoms with Crippen LogP contribution in [-0.4, -0.2) is 0 Å². The van der Waals surface area contributed by atoms with Crippen molar-refractivity contribution in [3.8, 4) is 6.07 Å². The van der Waals surface area contributed by atoms with E-state index in [4.69, 9.17) is 5.26 Å². The van der Waals surface area contributed by atoms with Gasteiger partial charge in [0.1, 0.15) is 17.7 Å². The van der Waals surface area contributed by atoms with E-state index < -0.39 is 11.6 Å². The molecule has 1 N–H and O–H groups in total. The zero-order valence-electron chi connectivity index (χ0n) is 9.41. The number of benzene rings is 1.